The number of likely N-dealkylation sites (tertiary alicyclic amines) is 1. The Bertz CT molecular complexity index is 470. The summed E-state index contributed by atoms with van der Waals surface area (Å²) in [4.78, 5) is 13.4. The Hall–Kier alpha value is -1.35. The zero-order chi connectivity index (χ0) is 12.5. The van der Waals surface area contributed by atoms with E-state index in [0.717, 1.165) is 38.9 Å². The molecule has 0 aliphatic carbocycles. The first kappa shape index (κ1) is 11.7. The lowest BCUT2D eigenvalue weighted by molar-refractivity contribution is -0.126. The molecule has 0 radical (unpaired) electrons. The summed E-state index contributed by atoms with van der Waals surface area (Å²) in [5.41, 5.74) is 4.42. The summed E-state index contributed by atoms with van der Waals surface area (Å²) in [6.45, 7) is 2.95. The monoisotopic (exact) mass is 244 g/mol. The summed E-state index contributed by atoms with van der Waals surface area (Å²) < 4.78 is 0. The van der Waals surface area contributed by atoms with Gasteiger partial charge in [0, 0.05) is 33.1 Å². The van der Waals surface area contributed by atoms with Gasteiger partial charge in [0.05, 0.1) is 0 Å². The Morgan fingerprint density at radius 3 is 3.06 bits per heavy atom. The number of hydrogen-bond donors (Lipinski definition) is 1. The number of carbonyl (C=O) groups excluding carboxylic acids is 1. The fraction of sp³-hybridized carbons (Fsp3) is 0.533. The minimum Gasteiger partial charge on any atom is -0.345 e. The number of nitrogens with zero attached hydrogens (tertiary/aromatic N) is 1. The molecule has 1 fully saturated rings. The topological polar surface area (TPSA) is 32.3 Å². The molecule has 3 heteroatoms. The number of fused-ring (bicyclic) bond motifs is 1. The van der Waals surface area contributed by atoms with E-state index in [0.29, 0.717) is 11.8 Å². The second-order valence-corrected chi connectivity index (χ2v) is 5.54. The molecule has 1 atom stereocenters. The summed E-state index contributed by atoms with van der Waals surface area (Å²) in [5.74, 6) is 0.854. The van der Waals surface area contributed by atoms with Gasteiger partial charge in [0.25, 0.3) is 0 Å². The van der Waals surface area contributed by atoms with E-state index >= 15 is 0 Å². The molecule has 1 aromatic carbocycles. The molecule has 0 spiro atoms. The quantitative estimate of drug-likeness (QED) is 0.877. The maximum Gasteiger partial charge on any atom is 0.222 e. The number of hydrogen-bond acceptors (Lipinski definition) is 2. The maximum absolute atomic E-state index is 11.5. The van der Waals surface area contributed by atoms with Crippen molar-refractivity contribution in [3.05, 3.63) is 34.9 Å². The van der Waals surface area contributed by atoms with Gasteiger partial charge in [-0.2, -0.15) is 0 Å². The molecular weight excluding hydrogens is 224 g/mol. The highest BCUT2D eigenvalue weighted by Gasteiger charge is 2.26. The van der Waals surface area contributed by atoms with E-state index in [4.69, 9.17) is 0 Å². The molecule has 96 valence electrons. The Balaban J connectivity index is 1.64. The van der Waals surface area contributed by atoms with E-state index in [1.54, 1.807) is 0 Å². The van der Waals surface area contributed by atoms with Gasteiger partial charge in [-0.3, -0.25) is 4.79 Å². The van der Waals surface area contributed by atoms with Gasteiger partial charge < -0.3 is 10.2 Å². The van der Waals surface area contributed by atoms with Crippen molar-refractivity contribution < 1.29 is 4.79 Å². The van der Waals surface area contributed by atoms with Gasteiger partial charge in [-0.15, -0.1) is 0 Å². The Morgan fingerprint density at radius 1 is 1.39 bits per heavy atom. The number of amides is 1. The van der Waals surface area contributed by atoms with Crippen LogP contribution in [0.5, 0.6) is 0 Å². The highest BCUT2D eigenvalue weighted by atomic mass is 16.2. The summed E-state index contributed by atoms with van der Waals surface area (Å²) in [5, 5.41) is 3.41. The smallest absolute Gasteiger partial charge is 0.222 e. The number of aryl methyl sites for hydroxylation is 1. The van der Waals surface area contributed by atoms with Crippen molar-refractivity contribution in [3.8, 4) is 0 Å². The third kappa shape index (κ3) is 2.15. The first-order valence-electron chi connectivity index (χ1n) is 6.78. The minimum absolute atomic E-state index is 0.306. The largest absolute Gasteiger partial charge is 0.345 e. The van der Waals surface area contributed by atoms with Crippen molar-refractivity contribution in [2.24, 2.45) is 5.92 Å². The molecule has 0 bridgehead atoms. The van der Waals surface area contributed by atoms with Crippen LogP contribution in [0.25, 0.3) is 0 Å². The molecule has 1 N–H and O–H groups in total. The van der Waals surface area contributed by atoms with Crippen molar-refractivity contribution in [3.63, 3.8) is 0 Å². The van der Waals surface area contributed by atoms with Crippen molar-refractivity contribution >= 4 is 5.91 Å². The van der Waals surface area contributed by atoms with E-state index < -0.39 is 0 Å². The van der Waals surface area contributed by atoms with Crippen LogP contribution in [0.1, 0.15) is 29.5 Å². The standard InChI is InChI=1S/C15H20N2O/c1-17-10-11(7-15(17)18)5-6-12-3-2-4-13-8-16-9-14(12)13/h2-4,11,16H,5-10H2,1H3/t11-/m0/s1. The molecule has 1 saturated heterocycles. The van der Waals surface area contributed by atoms with Crippen molar-refractivity contribution in [1.29, 1.82) is 0 Å². The van der Waals surface area contributed by atoms with E-state index in [2.05, 4.69) is 23.5 Å². The molecule has 3 nitrogen and oxygen atoms in total. The van der Waals surface area contributed by atoms with Crippen LogP contribution in [-0.2, 0) is 24.3 Å². The zero-order valence-electron chi connectivity index (χ0n) is 10.9. The fourth-order valence-corrected chi connectivity index (χ4v) is 3.15. The SMILES string of the molecule is CN1C[C@@H](CCc2cccc3c2CNC3)CC1=O. The fourth-order valence-electron chi connectivity index (χ4n) is 3.15. The Kier molecular flexibility index (Phi) is 3.08. The van der Waals surface area contributed by atoms with Crippen LogP contribution in [0.15, 0.2) is 18.2 Å². The average molecular weight is 244 g/mol. The molecule has 2 heterocycles. The van der Waals surface area contributed by atoms with Crippen LogP contribution in [-0.4, -0.2) is 24.4 Å². The lowest BCUT2D eigenvalue weighted by Crippen LogP contribution is -2.19. The van der Waals surface area contributed by atoms with Crippen molar-refractivity contribution in [2.75, 3.05) is 13.6 Å². The second-order valence-electron chi connectivity index (χ2n) is 5.54. The van der Waals surface area contributed by atoms with Gasteiger partial charge in [-0.05, 0) is 35.4 Å². The van der Waals surface area contributed by atoms with Gasteiger partial charge in [0.15, 0.2) is 0 Å². The van der Waals surface area contributed by atoms with Gasteiger partial charge in [-0.25, -0.2) is 0 Å². The molecule has 0 aromatic heterocycles. The third-order valence-electron chi connectivity index (χ3n) is 4.23. The Labute approximate surface area is 108 Å². The summed E-state index contributed by atoms with van der Waals surface area (Å²) in [6.07, 6.45) is 2.98. The van der Waals surface area contributed by atoms with E-state index in [1.165, 1.54) is 16.7 Å². The van der Waals surface area contributed by atoms with Crippen LogP contribution < -0.4 is 5.32 Å². The van der Waals surface area contributed by atoms with Gasteiger partial charge >= 0.3 is 0 Å². The molecule has 1 aromatic rings. The zero-order valence-corrected chi connectivity index (χ0v) is 10.9. The van der Waals surface area contributed by atoms with Crippen LogP contribution in [0.2, 0.25) is 0 Å². The van der Waals surface area contributed by atoms with Crippen LogP contribution >= 0.6 is 0 Å². The van der Waals surface area contributed by atoms with Gasteiger partial charge in [0.1, 0.15) is 0 Å². The number of carbonyl (C=O) groups is 1. The normalized spacial score (nSPS) is 22.6. The molecule has 1 amide bonds. The first-order valence-corrected chi connectivity index (χ1v) is 6.78. The number of nitrogens with one attached hydrogen (secondary N) is 1. The van der Waals surface area contributed by atoms with E-state index in [-0.39, 0.29) is 0 Å². The molecular formula is C15H20N2O. The summed E-state index contributed by atoms with van der Waals surface area (Å²) in [6, 6.07) is 6.62. The van der Waals surface area contributed by atoms with E-state index in [9.17, 15) is 4.79 Å². The van der Waals surface area contributed by atoms with E-state index in [1.807, 2.05) is 11.9 Å². The van der Waals surface area contributed by atoms with Crippen molar-refractivity contribution in [2.45, 2.75) is 32.4 Å². The van der Waals surface area contributed by atoms with Crippen LogP contribution in [0, 0.1) is 5.92 Å². The lowest BCUT2D eigenvalue weighted by atomic mass is 9.94. The lowest BCUT2D eigenvalue weighted by Gasteiger charge is -2.12. The minimum atomic E-state index is 0.306. The van der Waals surface area contributed by atoms with Crippen LogP contribution in [0.3, 0.4) is 0 Å². The molecule has 3 rings (SSSR count). The number of rotatable bonds is 3. The summed E-state index contributed by atoms with van der Waals surface area (Å²) >= 11 is 0. The highest BCUT2D eigenvalue weighted by Crippen LogP contribution is 2.25. The summed E-state index contributed by atoms with van der Waals surface area (Å²) in [7, 11) is 1.91. The predicted molar refractivity (Wildman–Crippen MR) is 71.1 cm³/mol. The number of benzene rings is 1. The Morgan fingerprint density at radius 2 is 2.28 bits per heavy atom. The molecule has 18 heavy (non-hydrogen) atoms. The highest BCUT2D eigenvalue weighted by molar-refractivity contribution is 5.78. The third-order valence-corrected chi connectivity index (χ3v) is 4.23. The van der Waals surface area contributed by atoms with Gasteiger partial charge in [0.2, 0.25) is 5.91 Å². The molecule has 2 aliphatic heterocycles. The molecule has 2 aliphatic rings. The van der Waals surface area contributed by atoms with Crippen LogP contribution in [0.4, 0.5) is 0 Å². The van der Waals surface area contributed by atoms with Gasteiger partial charge in [-0.1, -0.05) is 18.2 Å². The molecule has 0 unspecified atom stereocenters. The maximum atomic E-state index is 11.5. The first-order chi connectivity index (χ1) is 8.74. The second kappa shape index (κ2) is 4.73. The molecule has 0 saturated carbocycles. The predicted octanol–water partition coefficient (Wildman–Crippen LogP) is 1.70. The average Bonchev–Trinajstić information content (AvgIpc) is 2.94. The van der Waals surface area contributed by atoms with Crippen molar-refractivity contribution in [1.82, 2.24) is 10.2 Å².